The van der Waals surface area contributed by atoms with Crippen molar-refractivity contribution in [3.8, 4) is 0 Å². The number of hydrogen-bond donors (Lipinski definition) is 1. The van der Waals surface area contributed by atoms with E-state index >= 15 is 0 Å². The van der Waals surface area contributed by atoms with E-state index in [1.807, 2.05) is 19.0 Å². The van der Waals surface area contributed by atoms with E-state index in [2.05, 4.69) is 5.32 Å². The predicted molar refractivity (Wildman–Crippen MR) is 77.9 cm³/mol. The molecule has 1 N–H and O–H groups in total. The molecule has 0 saturated heterocycles. The van der Waals surface area contributed by atoms with Gasteiger partial charge in [-0.25, -0.2) is 4.39 Å². The van der Waals surface area contributed by atoms with Gasteiger partial charge < -0.3 is 10.2 Å². The van der Waals surface area contributed by atoms with Crippen molar-refractivity contribution in [2.75, 3.05) is 20.6 Å². The van der Waals surface area contributed by atoms with Gasteiger partial charge in [0.05, 0.1) is 5.54 Å². The smallest absolute Gasteiger partial charge is 0.221 e. The zero-order chi connectivity index (χ0) is 14.6. The Hall–Kier alpha value is -1.42. The lowest BCUT2D eigenvalue weighted by Gasteiger charge is -2.31. The average Bonchev–Trinajstić information content (AvgIpc) is 2.87. The summed E-state index contributed by atoms with van der Waals surface area (Å²) in [7, 11) is 3.91. The van der Waals surface area contributed by atoms with Crippen LogP contribution in [0.1, 0.15) is 37.7 Å². The van der Waals surface area contributed by atoms with Crippen LogP contribution >= 0.6 is 0 Å². The summed E-state index contributed by atoms with van der Waals surface area (Å²) in [6.07, 6.45) is 4.57. The lowest BCUT2D eigenvalue weighted by atomic mass is 9.88. The summed E-state index contributed by atoms with van der Waals surface area (Å²) in [6, 6.07) is 6.54. The standard InChI is InChI=1S/C16H23FN2O/c1-19(2)12-9-15(20)18-16(10-3-4-11-16)13-5-7-14(17)8-6-13/h5-8H,3-4,9-12H2,1-2H3,(H,18,20). The van der Waals surface area contributed by atoms with E-state index in [9.17, 15) is 9.18 Å². The monoisotopic (exact) mass is 278 g/mol. The fourth-order valence-electron chi connectivity index (χ4n) is 2.89. The predicted octanol–water partition coefficient (Wildman–Crippen LogP) is 2.66. The molecule has 4 heteroatoms. The second-order valence-electron chi connectivity index (χ2n) is 5.90. The molecular weight excluding hydrogens is 255 g/mol. The maximum Gasteiger partial charge on any atom is 0.221 e. The number of hydrogen-bond acceptors (Lipinski definition) is 2. The van der Waals surface area contributed by atoms with Gasteiger partial charge in [-0.1, -0.05) is 25.0 Å². The van der Waals surface area contributed by atoms with E-state index < -0.39 is 0 Å². The molecule has 1 fully saturated rings. The van der Waals surface area contributed by atoms with Gasteiger partial charge in [-0.05, 0) is 44.6 Å². The van der Waals surface area contributed by atoms with Gasteiger partial charge >= 0.3 is 0 Å². The fourth-order valence-corrected chi connectivity index (χ4v) is 2.89. The van der Waals surface area contributed by atoms with Gasteiger partial charge in [0, 0.05) is 13.0 Å². The molecule has 0 radical (unpaired) electrons. The third-order valence-corrected chi connectivity index (χ3v) is 4.02. The molecule has 1 aromatic carbocycles. The van der Waals surface area contributed by atoms with Crippen molar-refractivity contribution < 1.29 is 9.18 Å². The molecule has 1 saturated carbocycles. The van der Waals surface area contributed by atoms with Crippen molar-refractivity contribution in [1.82, 2.24) is 10.2 Å². The van der Waals surface area contributed by atoms with Crippen molar-refractivity contribution in [2.45, 2.75) is 37.6 Å². The van der Waals surface area contributed by atoms with Crippen molar-refractivity contribution in [3.63, 3.8) is 0 Å². The summed E-state index contributed by atoms with van der Waals surface area (Å²) in [5, 5.41) is 3.20. The number of rotatable bonds is 5. The molecule has 0 aliphatic heterocycles. The summed E-state index contributed by atoms with van der Waals surface area (Å²) in [6.45, 7) is 0.741. The average molecular weight is 278 g/mol. The van der Waals surface area contributed by atoms with Gasteiger partial charge in [-0.3, -0.25) is 4.79 Å². The Morgan fingerprint density at radius 3 is 2.40 bits per heavy atom. The fraction of sp³-hybridized carbons (Fsp3) is 0.562. The third-order valence-electron chi connectivity index (χ3n) is 4.02. The molecule has 0 bridgehead atoms. The van der Waals surface area contributed by atoms with Crippen LogP contribution in [-0.2, 0) is 10.3 Å². The summed E-state index contributed by atoms with van der Waals surface area (Å²) >= 11 is 0. The van der Waals surface area contributed by atoms with Crippen LogP contribution in [0, 0.1) is 5.82 Å². The molecule has 1 aliphatic rings. The van der Waals surface area contributed by atoms with Crippen molar-refractivity contribution in [1.29, 1.82) is 0 Å². The summed E-state index contributed by atoms with van der Waals surface area (Å²) < 4.78 is 13.1. The van der Waals surface area contributed by atoms with Gasteiger partial charge in [0.2, 0.25) is 5.91 Å². The van der Waals surface area contributed by atoms with Crippen LogP contribution < -0.4 is 5.32 Å². The minimum Gasteiger partial charge on any atom is -0.347 e. The summed E-state index contributed by atoms with van der Waals surface area (Å²) in [5.74, 6) is -0.161. The van der Waals surface area contributed by atoms with E-state index in [-0.39, 0.29) is 17.3 Å². The largest absolute Gasteiger partial charge is 0.347 e. The van der Waals surface area contributed by atoms with Crippen LogP contribution in [0.15, 0.2) is 24.3 Å². The minimum absolute atomic E-state index is 0.0740. The van der Waals surface area contributed by atoms with Crippen LogP contribution in [-0.4, -0.2) is 31.4 Å². The van der Waals surface area contributed by atoms with Crippen LogP contribution in [0.4, 0.5) is 4.39 Å². The number of benzene rings is 1. The second-order valence-corrected chi connectivity index (χ2v) is 5.90. The second kappa shape index (κ2) is 6.35. The number of carbonyl (C=O) groups excluding carboxylic acids is 1. The first kappa shape index (κ1) is 15.0. The molecule has 0 atom stereocenters. The van der Waals surface area contributed by atoms with E-state index in [1.165, 1.54) is 12.1 Å². The van der Waals surface area contributed by atoms with Gasteiger partial charge in [-0.2, -0.15) is 0 Å². The molecule has 20 heavy (non-hydrogen) atoms. The van der Waals surface area contributed by atoms with Gasteiger partial charge in [0.25, 0.3) is 0 Å². The number of carbonyl (C=O) groups is 1. The maximum atomic E-state index is 13.1. The Balaban J connectivity index is 2.10. The van der Waals surface area contributed by atoms with Crippen LogP contribution in [0.25, 0.3) is 0 Å². The molecular formula is C16H23FN2O. The highest BCUT2D eigenvalue weighted by atomic mass is 19.1. The number of amides is 1. The molecule has 0 heterocycles. The Bertz CT molecular complexity index is 450. The van der Waals surface area contributed by atoms with Gasteiger partial charge in [0.15, 0.2) is 0 Å². The van der Waals surface area contributed by atoms with E-state index in [0.29, 0.717) is 6.42 Å². The maximum absolute atomic E-state index is 13.1. The molecule has 0 aromatic heterocycles. The summed E-state index contributed by atoms with van der Waals surface area (Å²) in [4.78, 5) is 14.1. The number of nitrogens with one attached hydrogen (secondary N) is 1. The van der Waals surface area contributed by atoms with E-state index in [4.69, 9.17) is 0 Å². The Labute approximate surface area is 120 Å². The molecule has 1 amide bonds. The molecule has 1 aromatic rings. The molecule has 0 unspecified atom stereocenters. The molecule has 0 spiro atoms. The molecule has 1 aliphatic carbocycles. The topological polar surface area (TPSA) is 32.3 Å². The molecule has 3 nitrogen and oxygen atoms in total. The zero-order valence-electron chi connectivity index (χ0n) is 12.3. The highest BCUT2D eigenvalue weighted by Crippen LogP contribution is 2.38. The van der Waals surface area contributed by atoms with Gasteiger partial charge in [-0.15, -0.1) is 0 Å². The highest BCUT2D eigenvalue weighted by molar-refractivity contribution is 5.77. The first-order valence-electron chi connectivity index (χ1n) is 7.24. The van der Waals surface area contributed by atoms with Crippen molar-refractivity contribution >= 4 is 5.91 Å². The van der Waals surface area contributed by atoms with Crippen LogP contribution in [0.5, 0.6) is 0 Å². The first-order chi connectivity index (χ1) is 9.52. The van der Waals surface area contributed by atoms with E-state index in [1.54, 1.807) is 12.1 Å². The number of halogens is 1. The van der Waals surface area contributed by atoms with Crippen LogP contribution in [0.2, 0.25) is 0 Å². The van der Waals surface area contributed by atoms with Crippen molar-refractivity contribution in [2.24, 2.45) is 0 Å². The summed E-state index contributed by atoms with van der Waals surface area (Å²) in [5.41, 5.74) is 0.728. The molecule has 2 rings (SSSR count). The SMILES string of the molecule is CN(C)CCC(=O)NC1(c2ccc(F)cc2)CCCC1. The Morgan fingerprint density at radius 1 is 1.25 bits per heavy atom. The van der Waals surface area contributed by atoms with Gasteiger partial charge in [0.1, 0.15) is 5.82 Å². The zero-order valence-corrected chi connectivity index (χ0v) is 12.3. The Morgan fingerprint density at radius 2 is 1.85 bits per heavy atom. The third kappa shape index (κ3) is 3.57. The van der Waals surface area contributed by atoms with E-state index in [0.717, 1.165) is 37.8 Å². The normalized spacial score (nSPS) is 17.4. The first-order valence-corrected chi connectivity index (χ1v) is 7.24. The molecule has 110 valence electrons. The van der Waals surface area contributed by atoms with Crippen LogP contribution in [0.3, 0.4) is 0 Å². The highest BCUT2D eigenvalue weighted by Gasteiger charge is 2.36. The number of nitrogens with zero attached hydrogens (tertiary/aromatic N) is 1. The lowest BCUT2D eigenvalue weighted by molar-refractivity contribution is -0.123. The minimum atomic E-state index is -0.295. The quantitative estimate of drug-likeness (QED) is 0.898. The lowest BCUT2D eigenvalue weighted by Crippen LogP contribution is -2.44. The van der Waals surface area contributed by atoms with Crippen molar-refractivity contribution in [3.05, 3.63) is 35.6 Å². The Kier molecular flexibility index (Phi) is 4.76.